The van der Waals surface area contributed by atoms with Crippen LogP contribution >= 0.6 is 0 Å². The van der Waals surface area contributed by atoms with Crippen LogP contribution in [0, 0.1) is 0 Å². The monoisotopic (exact) mass is 189 g/mol. The van der Waals surface area contributed by atoms with Crippen LogP contribution in [0.15, 0.2) is 0 Å². The minimum Gasteiger partial charge on any atom is -0.672 e. The van der Waals surface area contributed by atoms with Gasteiger partial charge in [-0.2, -0.15) is 0 Å². The molecular formula is NaO3SiZr+3. The predicted molar refractivity (Wildman–Crippen MR) is 6.44 cm³/mol. The van der Waals surface area contributed by atoms with Crippen molar-refractivity contribution in [1.29, 1.82) is 0 Å². The van der Waals surface area contributed by atoms with Gasteiger partial charge in [0.05, 0.1) is 0 Å². The minimum absolute atomic E-state index is 0. The van der Waals surface area contributed by atoms with Crippen LogP contribution < -0.4 is 39.1 Å². The molecule has 0 rings (SSSR count). The molecular weight excluding hydrogens is 190 g/mol. The van der Waals surface area contributed by atoms with Gasteiger partial charge in [0.1, 0.15) is 0 Å². The first-order chi connectivity index (χ1) is 1.73. The van der Waals surface area contributed by atoms with Gasteiger partial charge in [-0.15, -0.1) is 0 Å². The van der Waals surface area contributed by atoms with Gasteiger partial charge in [0.15, 0.2) is 0 Å². The number of hydrogen-bond donors (Lipinski definition) is 0. The van der Waals surface area contributed by atoms with Crippen LogP contribution in [-0.4, -0.2) is 9.17 Å². The van der Waals surface area contributed by atoms with Crippen molar-refractivity contribution in [2.45, 2.75) is 0 Å². The second kappa shape index (κ2) is 9.71. The molecule has 0 aliphatic carbocycles. The average Bonchev–Trinajstić information content (AvgIpc) is 0.811. The molecule has 0 amide bonds. The summed E-state index contributed by atoms with van der Waals surface area (Å²) in [5, 5.41) is 0. The quantitative estimate of drug-likeness (QED) is 0.357. The third-order valence-corrected chi connectivity index (χ3v) is 0. The topological polar surface area (TPSA) is 63.2 Å². The summed E-state index contributed by atoms with van der Waals surface area (Å²) in [6, 6.07) is 0. The van der Waals surface area contributed by atoms with Gasteiger partial charge in [-0.1, -0.05) is 0 Å². The second-order valence-electron chi connectivity index (χ2n) is 0.250. The Morgan fingerprint density at radius 3 is 1.33 bits per heavy atom. The Morgan fingerprint density at radius 2 is 1.33 bits per heavy atom. The average molecular weight is 190 g/mol. The van der Waals surface area contributed by atoms with Crippen molar-refractivity contribution in [3.05, 3.63) is 0 Å². The van der Waals surface area contributed by atoms with Gasteiger partial charge in [0, 0.05) is 9.17 Å². The molecule has 0 heterocycles. The van der Waals surface area contributed by atoms with E-state index in [0.29, 0.717) is 0 Å². The van der Waals surface area contributed by atoms with Crippen LogP contribution in [0.3, 0.4) is 0 Å². The second-order valence-corrected chi connectivity index (χ2v) is 0.750. The Kier molecular flexibility index (Phi) is 25.3. The summed E-state index contributed by atoms with van der Waals surface area (Å²) < 4.78 is 8.52. The van der Waals surface area contributed by atoms with Gasteiger partial charge in [-0.05, 0) is 0 Å². The fourth-order valence-electron chi connectivity index (χ4n) is 0. The third-order valence-electron chi connectivity index (χ3n) is 0. The molecule has 0 fully saturated rings. The van der Waals surface area contributed by atoms with Crippen LogP contribution in [0.4, 0.5) is 0 Å². The van der Waals surface area contributed by atoms with E-state index in [-0.39, 0.29) is 55.8 Å². The molecule has 3 nitrogen and oxygen atoms in total. The van der Waals surface area contributed by atoms with Crippen molar-refractivity contribution in [1.82, 2.24) is 0 Å². The van der Waals surface area contributed by atoms with Gasteiger partial charge >= 0.3 is 55.8 Å². The molecule has 0 unspecified atom stereocenters. The first-order valence-electron chi connectivity index (χ1n) is 0.612. The van der Waals surface area contributed by atoms with Gasteiger partial charge in [0.2, 0.25) is 0 Å². The molecule has 0 aromatic rings. The van der Waals surface area contributed by atoms with E-state index in [4.69, 9.17) is 14.1 Å². The fourth-order valence-corrected chi connectivity index (χ4v) is 0. The van der Waals surface area contributed by atoms with Crippen molar-refractivity contribution in [2.24, 2.45) is 0 Å². The molecule has 0 atom stereocenters. The van der Waals surface area contributed by atoms with Crippen LogP contribution in [0.5, 0.6) is 0 Å². The SMILES string of the molecule is O=[Si]([O-])[O-].[Na+].[Zr+4]. The molecule has 0 spiro atoms. The molecule has 0 radical (unpaired) electrons. The van der Waals surface area contributed by atoms with Crippen LogP contribution in [-0.2, 0) is 30.7 Å². The van der Waals surface area contributed by atoms with E-state index in [1.54, 1.807) is 0 Å². The maximum atomic E-state index is 8.52. The van der Waals surface area contributed by atoms with E-state index in [1.807, 2.05) is 0 Å². The molecule has 0 aromatic heterocycles. The Morgan fingerprint density at radius 1 is 1.33 bits per heavy atom. The van der Waals surface area contributed by atoms with Crippen LogP contribution in [0.2, 0.25) is 0 Å². The van der Waals surface area contributed by atoms with Crippen molar-refractivity contribution in [3.63, 3.8) is 0 Å². The summed E-state index contributed by atoms with van der Waals surface area (Å²) in [5.41, 5.74) is 0. The van der Waals surface area contributed by atoms with Gasteiger partial charge in [-0.25, -0.2) is 0 Å². The zero-order chi connectivity index (χ0) is 3.58. The molecule has 6 heteroatoms. The van der Waals surface area contributed by atoms with Gasteiger partial charge < -0.3 is 14.1 Å². The standard InChI is InChI=1S/Na.O3Si.Zr/c;1-4(2)3;/q+1;-2;+4. The van der Waals surface area contributed by atoms with E-state index in [2.05, 4.69) is 0 Å². The summed E-state index contributed by atoms with van der Waals surface area (Å²) in [6.45, 7) is 0. The fraction of sp³-hybridized carbons (Fsp3) is 0. The van der Waals surface area contributed by atoms with E-state index in [9.17, 15) is 0 Å². The Labute approximate surface area is 78.1 Å². The summed E-state index contributed by atoms with van der Waals surface area (Å²) in [4.78, 5) is 17.0. The van der Waals surface area contributed by atoms with Crippen molar-refractivity contribution < 1.29 is 69.8 Å². The molecule has 0 saturated heterocycles. The normalized spacial score (nSPS) is 4.00. The summed E-state index contributed by atoms with van der Waals surface area (Å²) in [6.07, 6.45) is 0. The van der Waals surface area contributed by atoms with E-state index < -0.39 is 9.17 Å². The smallest absolute Gasteiger partial charge is 0.672 e. The molecule has 24 valence electrons. The maximum absolute atomic E-state index is 8.52. The predicted octanol–water partition coefficient (Wildman–Crippen LogP) is -5.88. The summed E-state index contributed by atoms with van der Waals surface area (Å²) >= 11 is 0. The molecule has 0 saturated carbocycles. The van der Waals surface area contributed by atoms with Crippen molar-refractivity contribution in [2.75, 3.05) is 0 Å². The van der Waals surface area contributed by atoms with Crippen molar-refractivity contribution in [3.8, 4) is 0 Å². The molecule has 0 aliphatic heterocycles. The largest absolute Gasteiger partial charge is 4.00 e. The molecule has 0 aromatic carbocycles. The van der Waals surface area contributed by atoms with Gasteiger partial charge in [0.25, 0.3) is 0 Å². The Balaban J connectivity index is -0.0000000450. The first kappa shape index (κ1) is 15.6. The minimum atomic E-state index is -3.63. The van der Waals surface area contributed by atoms with Crippen molar-refractivity contribution >= 4 is 9.17 Å². The Bertz CT molecular complexity index is 33.8. The molecule has 6 heavy (non-hydrogen) atoms. The third kappa shape index (κ3) is 49.5. The van der Waals surface area contributed by atoms with E-state index in [0.717, 1.165) is 0 Å². The van der Waals surface area contributed by atoms with Gasteiger partial charge in [-0.3, -0.25) is 0 Å². The Hall–Kier alpha value is 1.50. The number of rotatable bonds is 0. The van der Waals surface area contributed by atoms with E-state index >= 15 is 0 Å². The first-order valence-corrected chi connectivity index (χ1v) is 1.84. The van der Waals surface area contributed by atoms with Crippen LogP contribution in [0.1, 0.15) is 0 Å². The summed E-state index contributed by atoms with van der Waals surface area (Å²) in [7, 11) is -3.63. The summed E-state index contributed by atoms with van der Waals surface area (Å²) in [5.74, 6) is 0. The zero-order valence-corrected chi connectivity index (χ0v) is 8.68. The molecule has 0 aliphatic rings. The zero-order valence-electron chi connectivity index (χ0n) is 3.22. The number of hydrogen-bond acceptors (Lipinski definition) is 3. The van der Waals surface area contributed by atoms with Crippen LogP contribution in [0.25, 0.3) is 0 Å². The van der Waals surface area contributed by atoms with E-state index in [1.165, 1.54) is 0 Å². The molecule has 0 bridgehead atoms. The molecule has 0 N–H and O–H groups in total. The maximum Gasteiger partial charge on any atom is 4.00 e.